The predicted molar refractivity (Wildman–Crippen MR) is 99.1 cm³/mol. The van der Waals surface area contributed by atoms with E-state index in [2.05, 4.69) is 10.3 Å². The van der Waals surface area contributed by atoms with E-state index in [4.69, 9.17) is 11.6 Å². The molecule has 2 aromatic heterocycles. The topological polar surface area (TPSA) is 79.4 Å². The molecule has 0 bridgehead atoms. The summed E-state index contributed by atoms with van der Waals surface area (Å²) in [6.07, 6.45) is 1.46. The number of halogens is 1. The molecule has 0 fully saturated rings. The van der Waals surface area contributed by atoms with E-state index in [1.165, 1.54) is 23.6 Å². The van der Waals surface area contributed by atoms with Gasteiger partial charge in [-0.1, -0.05) is 17.7 Å². The molecule has 1 N–H and O–H groups in total. The Morgan fingerprint density at radius 1 is 1.12 bits per heavy atom. The molecule has 0 atom stereocenters. The normalized spacial score (nSPS) is 13.0. The van der Waals surface area contributed by atoms with Crippen molar-refractivity contribution < 1.29 is 14.4 Å². The van der Waals surface area contributed by atoms with Crippen LogP contribution < -0.4 is 10.2 Å². The number of rotatable bonds is 3. The fourth-order valence-corrected chi connectivity index (χ4v) is 3.48. The van der Waals surface area contributed by atoms with Crippen molar-refractivity contribution in [3.05, 3.63) is 75.2 Å². The SMILES string of the molecule is O=C(Nc1ccc(N2C(=O)c3cccnc3C2=O)cc1Cl)c1cccs1. The lowest BCUT2D eigenvalue weighted by atomic mass is 10.2. The largest absolute Gasteiger partial charge is 0.320 e. The van der Waals surface area contributed by atoms with E-state index in [9.17, 15) is 14.4 Å². The molecular formula is C18H10ClN3O3S. The van der Waals surface area contributed by atoms with Gasteiger partial charge < -0.3 is 5.32 Å². The van der Waals surface area contributed by atoms with Gasteiger partial charge in [-0.15, -0.1) is 11.3 Å². The minimum Gasteiger partial charge on any atom is -0.320 e. The molecule has 3 heterocycles. The Labute approximate surface area is 157 Å². The van der Waals surface area contributed by atoms with E-state index in [0.29, 0.717) is 16.3 Å². The zero-order valence-corrected chi connectivity index (χ0v) is 14.7. The molecule has 4 rings (SSSR count). The third-order valence-corrected chi connectivity index (χ3v) is 5.03. The van der Waals surface area contributed by atoms with Crippen molar-refractivity contribution >= 4 is 52.0 Å². The van der Waals surface area contributed by atoms with Gasteiger partial charge in [0.15, 0.2) is 0 Å². The number of nitrogens with zero attached hydrogens (tertiary/aromatic N) is 2. The summed E-state index contributed by atoms with van der Waals surface area (Å²) in [6.45, 7) is 0. The highest BCUT2D eigenvalue weighted by Crippen LogP contribution is 2.32. The van der Waals surface area contributed by atoms with Crippen molar-refractivity contribution in [2.75, 3.05) is 10.2 Å². The number of thiophene rings is 1. The second-order valence-electron chi connectivity index (χ2n) is 5.44. The van der Waals surface area contributed by atoms with Gasteiger partial charge in [-0.25, -0.2) is 4.90 Å². The van der Waals surface area contributed by atoms with E-state index >= 15 is 0 Å². The van der Waals surface area contributed by atoms with Crippen LogP contribution in [0.25, 0.3) is 0 Å². The fraction of sp³-hybridized carbons (Fsp3) is 0. The molecule has 3 amide bonds. The number of amides is 3. The van der Waals surface area contributed by atoms with Gasteiger partial charge >= 0.3 is 0 Å². The Morgan fingerprint density at radius 3 is 2.65 bits per heavy atom. The number of anilines is 2. The number of pyridine rings is 1. The standard InChI is InChI=1S/C18H10ClN3O3S/c19-12-9-10(5-6-13(12)21-16(23)14-4-2-8-26-14)22-17(24)11-3-1-7-20-15(11)18(22)25/h1-9H,(H,21,23). The van der Waals surface area contributed by atoms with Crippen LogP contribution >= 0.6 is 22.9 Å². The summed E-state index contributed by atoms with van der Waals surface area (Å²) in [7, 11) is 0. The Balaban J connectivity index is 1.62. The smallest absolute Gasteiger partial charge is 0.284 e. The molecule has 1 aliphatic heterocycles. The van der Waals surface area contributed by atoms with E-state index in [1.807, 2.05) is 0 Å². The maximum Gasteiger partial charge on any atom is 0.284 e. The van der Waals surface area contributed by atoms with Gasteiger partial charge in [0.1, 0.15) is 5.69 Å². The zero-order valence-electron chi connectivity index (χ0n) is 13.1. The first-order chi connectivity index (χ1) is 12.6. The number of nitrogens with one attached hydrogen (secondary N) is 1. The number of hydrogen-bond donors (Lipinski definition) is 1. The average molecular weight is 384 g/mol. The molecule has 0 saturated heterocycles. The minimum absolute atomic E-state index is 0.115. The number of hydrogen-bond acceptors (Lipinski definition) is 5. The van der Waals surface area contributed by atoms with Crippen molar-refractivity contribution in [1.82, 2.24) is 4.98 Å². The molecular weight excluding hydrogens is 374 g/mol. The van der Waals surface area contributed by atoms with Crippen LogP contribution in [0.3, 0.4) is 0 Å². The van der Waals surface area contributed by atoms with E-state index in [1.54, 1.807) is 41.8 Å². The zero-order chi connectivity index (χ0) is 18.3. The molecule has 0 unspecified atom stereocenters. The lowest BCUT2D eigenvalue weighted by molar-refractivity contribution is 0.0923. The van der Waals surface area contributed by atoms with Crippen molar-refractivity contribution in [3.8, 4) is 0 Å². The second-order valence-corrected chi connectivity index (χ2v) is 6.80. The van der Waals surface area contributed by atoms with Crippen LogP contribution in [0.2, 0.25) is 5.02 Å². The Kier molecular flexibility index (Phi) is 4.02. The van der Waals surface area contributed by atoms with Gasteiger partial charge in [-0.05, 0) is 41.8 Å². The summed E-state index contributed by atoms with van der Waals surface area (Å²) in [5.74, 6) is -1.24. The molecule has 6 nitrogen and oxygen atoms in total. The quantitative estimate of drug-likeness (QED) is 0.697. The maximum atomic E-state index is 12.5. The van der Waals surface area contributed by atoms with Gasteiger partial charge in [0, 0.05) is 6.20 Å². The summed E-state index contributed by atoms with van der Waals surface area (Å²) < 4.78 is 0. The van der Waals surface area contributed by atoms with Gasteiger partial charge in [0.25, 0.3) is 17.7 Å². The number of fused-ring (bicyclic) bond motifs is 1. The third kappa shape index (κ3) is 2.67. The first-order valence-corrected chi connectivity index (χ1v) is 8.80. The molecule has 128 valence electrons. The van der Waals surface area contributed by atoms with Gasteiger partial charge in [0.05, 0.1) is 26.8 Å². The maximum absolute atomic E-state index is 12.5. The molecule has 0 aliphatic carbocycles. The Morgan fingerprint density at radius 2 is 1.96 bits per heavy atom. The van der Waals surface area contributed by atoms with E-state index < -0.39 is 11.8 Å². The first kappa shape index (κ1) is 16.4. The molecule has 0 spiro atoms. The van der Waals surface area contributed by atoms with E-state index in [-0.39, 0.29) is 22.2 Å². The lowest BCUT2D eigenvalue weighted by Gasteiger charge is -2.15. The number of imide groups is 1. The van der Waals surface area contributed by atoms with Crippen LogP contribution in [0, 0.1) is 0 Å². The van der Waals surface area contributed by atoms with Crippen LogP contribution in [0.15, 0.2) is 54.0 Å². The summed E-state index contributed by atoms with van der Waals surface area (Å²) >= 11 is 7.56. The number of benzene rings is 1. The molecule has 3 aromatic rings. The molecule has 1 aromatic carbocycles. The molecule has 0 saturated carbocycles. The predicted octanol–water partition coefficient (Wildman–Crippen LogP) is 3.85. The highest BCUT2D eigenvalue weighted by Gasteiger charge is 2.37. The third-order valence-electron chi connectivity index (χ3n) is 3.85. The highest BCUT2D eigenvalue weighted by molar-refractivity contribution is 7.12. The van der Waals surface area contributed by atoms with Gasteiger partial charge in [0.2, 0.25) is 0 Å². The fourth-order valence-electron chi connectivity index (χ4n) is 2.64. The average Bonchev–Trinajstić information content (AvgIpc) is 3.26. The molecule has 8 heteroatoms. The Hall–Kier alpha value is -3.03. The van der Waals surface area contributed by atoms with Crippen LogP contribution in [-0.4, -0.2) is 22.7 Å². The number of aromatic nitrogens is 1. The summed E-state index contributed by atoms with van der Waals surface area (Å²) in [5, 5.41) is 4.73. The van der Waals surface area contributed by atoms with Crippen molar-refractivity contribution in [3.63, 3.8) is 0 Å². The number of carbonyl (C=O) groups is 3. The first-order valence-electron chi connectivity index (χ1n) is 7.54. The highest BCUT2D eigenvalue weighted by atomic mass is 35.5. The molecule has 0 radical (unpaired) electrons. The summed E-state index contributed by atoms with van der Waals surface area (Å²) in [4.78, 5) is 42.6. The van der Waals surface area contributed by atoms with Crippen LogP contribution in [0.1, 0.15) is 30.5 Å². The van der Waals surface area contributed by atoms with Crippen molar-refractivity contribution in [1.29, 1.82) is 0 Å². The van der Waals surface area contributed by atoms with Crippen LogP contribution in [-0.2, 0) is 0 Å². The minimum atomic E-state index is -0.503. The van der Waals surface area contributed by atoms with Crippen molar-refractivity contribution in [2.45, 2.75) is 0 Å². The Bertz CT molecular complexity index is 1010. The van der Waals surface area contributed by atoms with Crippen LogP contribution in [0.4, 0.5) is 11.4 Å². The van der Waals surface area contributed by atoms with Gasteiger partial charge in [-0.2, -0.15) is 0 Å². The monoisotopic (exact) mass is 383 g/mol. The van der Waals surface area contributed by atoms with Gasteiger partial charge in [-0.3, -0.25) is 19.4 Å². The lowest BCUT2D eigenvalue weighted by Crippen LogP contribution is -2.29. The van der Waals surface area contributed by atoms with Crippen LogP contribution in [0.5, 0.6) is 0 Å². The summed E-state index contributed by atoms with van der Waals surface area (Å²) in [5.41, 5.74) is 1.08. The number of carbonyl (C=O) groups excluding carboxylic acids is 3. The molecule has 26 heavy (non-hydrogen) atoms. The summed E-state index contributed by atoms with van der Waals surface area (Å²) in [6, 6.07) is 11.2. The second kappa shape index (κ2) is 6.36. The van der Waals surface area contributed by atoms with E-state index in [0.717, 1.165) is 4.90 Å². The van der Waals surface area contributed by atoms with Crippen molar-refractivity contribution in [2.24, 2.45) is 0 Å². The molecule has 1 aliphatic rings.